The largest absolute Gasteiger partial charge is 0.293 e. The first-order valence-electron chi connectivity index (χ1n) is 9.83. The molecule has 9 heteroatoms. The molecule has 6 nitrogen and oxygen atoms in total. The van der Waals surface area contributed by atoms with E-state index in [1.807, 2.05) is 31.2 Å². The predicted molar refractivity (Wildman–Crippen MR) is 126 cm³/mol. The molecule has 1 saturated heterocycles. The second-order valence-electron chi connectivity index (χ2n) is 7.26. The van der Waals surface area contributed by atoms with Gasteiger partial charge in [0.25, 0.3) is 16.8 Å². The molecule has 0 aromatic heterocycles. The van der Waals surface area contributed by atoms with E-state index in [1.165, 1.54) is 42.1 Å². The summed E-state index contributed by atoms with van der Waals surface area (Å²) < 4.78 is 13.9. The van der Waals surface area contributed by atoms with Gasteiger partial charge < -0.3 is 0 Å². The summed E-state index contributed by atoms with van der Waals surface area (Å²) in [5, 5.41) is 11.1. The average Bonchev–Trinajstić information content (AvgIpc) is 3.05. The Bertz CT molecular complexity index is 1290. The van der Waals surface area contributed by atoms with Crippen molar-refractivity contribution in [1.29, 1.82) is 0 Å². The van der Waals surface area contributed by atoms with Crippen LogP contribution in [0.5, 0.6) is 0 Å². The summed E-state index contributed by atoms with van der Waals surface area (Å²) in [6, 6.07) is 18.2. The van der Waals surface area contributed by atoms with Crippen LogP contribution in [0.2, 0.25) is 0 Å². The van der Waals surface area contributed by atoms with Crippen LogP contribution in [-0.4, -0.2) is 21.0 Å². The molecule has 166 valence electrons. The molecule has 1 fully saturated rings. The van der Waals surface area contributed by atoms with Crippen LogP contribution in [0.4, 0.5) is 14.9 Å². The third-order valence-corrected chi connectivity index (χ3v) is 6.87. The maximum Gasteiger partial charge on any atom is 0.293 e. The van der Waals surface area contributed by atoms with Crippen molar-refractivity contribution in [2.75, 3.05) is 0 Å². The Morgan fingerprint density at radius 2 is 1.82 bits per heavy atom. The van der Waals surface area contributed by atoms with Gasteiger partial charge in [-0.05, 0) is 54.6 Å². The molecule has 2 amide bonds. The SMILES string of the molecule is Cc1ccc(Sc2ccc(/C=C3\SC(=O)N(Cc4ccccc4F)C3=O)cc2[N+](=O)[O-])cc1. The number of halogens is 1. The number of rotatable bonds is 6. The number of hydrogen-bond acceptors (Lipinski definition) is 6. The lowest BCUT2D eigenvalue weighted by Crippen LogP contribution is -2.27. The third kappa shape index (κ3) is 5.15. The average molecular weight is 481 g/mol. The van der Waals surface area contributed by atoms with Gasteiger partial charge in [0.15, 0.2) is 0 Å². The molecule has 3 aromatic carbocycles. The van der Waals surface area contributed by atoms with E-state index in [0.717, 1.165) is 27.1 Å². The topological polar surface area (TPSA) is 80.5 Å². The highest BCUT2D eigenvalue weighted by molar-refractivity contribution is 8.18. The Morgan fingerprint density at radius 3 is 2.52 bits per heavy atom. The number of nitrogens with zero attached hydrogens (tertiary/aromatic N) is 2. The summed E-state index contributed by atoms with van der Waals surface area (Å²) in [4.78, 5) is 38.7. The van der Waals surface area contributed by atoms with Crippen molar-refractivity contribution in [2.24, 2.45) is 0 Å². The van der Waals surface area contributed by atoms with Crippen molar-refractivity contribution >= 4 is 46.4 Å². The molecular formula is C24H17FN2O4S2. The van der Waals surface area contributed by atoms with Crippen LogP contribution in [0.1, 0.15) is 16.7 Å². The molecule has 0 radical (unpaired) electrons. The highest BCUT2D eigenvalue weighted by Gasteiger charge is 2.35. The minimum Gasteiger partial charge on any atom is -0.268 e. The fourth-order valence-corrected chi connectivity index (χ4v) is 4.91. The lowest BCUT2D eigenvalue weighted by Gasteiger charge is -2.12. The van der Waals surface area contributed by atoms with Crippen molar-refractivity contribution in [3.63, 3.8) is 0 Å². The highest BCUT2D eigenvalue weighted by Crippen LogP contribution is 2.38. The van der Waals surface area contributed by atoms with E-state index in [4.69, 9.17) is 0 Å². The highest BCUT2D eigenvalue weighted by atomic mass is 32.2. The van der Waals surface area contributed by atoms with E-state index in [-0.39, 0.29) is 22.7 Å². The van der Waals surface area contributed by atoms with E-state index in [1.54, 1.807) is 18.2 Å². The molecule has 3 aromatic rings. The Hall–Kier alpha value is -3.43. The molecule has 0 aliphatic carbocycles. The Kier molecular flexibility index (Phi) is 6.62. The zero-order chi connectivity index (χ0) is 23.5. The molecule has 1 aliphatic heterocycles. The van der Waals surface area contributed by atoms with E-state index >= 15 is 0 Å². The maximum atomic E-state index is 13.9. The molecular weight excluding hydrogens is 463 g/mol. The van der Waals surface area contributed by atoms with Crippen molar-refractivity contribution in [3.8, 4) is 0 Å². The molecule has 33 heavy (non-hydrogen) atoms. The summed E-state index contributed by atoms with van der Waals surface area (Å²) >= 11 is 2.00. The summed E-state index contributed by atoms with van der Waals surface area (Å²) in [7, 11) is 0. The van der Waals surface area contributed by atoms with Gasteiger partial charge >= 0.3 is 0 Å². The first kappa shape index (κ1) is 22.8. The van der Waals surface area contributed by atoms with Crippen LogP contribution in [0.15, 0.2) is 81.4 Å². The number of aryl methyl sites for hydroxylation is 1. The molecule has 0 bridgehead atoms. The third-order valence-electron chi connectivity index (χ3n) is 4.89. The maximum absolute atomic E-state index is 13.9. The predicted octanol–water partition coefficient (Wildman–Crippen LogP) is 6.43. The van der Waals surface area contributed by atoms with Crippen molar-refractivity contribution in [2.45, 2.75) is 23.3 Å². The van der Waals surface area contributed by atoms with Crippen LogP contribution >= 0.6 is 23.5 Å². The molecule has 0 spiro atoms. The van der Waals surface area contributed by atoms with Crippen molar-refractivity contribution < 1.29 is 18.9 Å². The van der Waals surface area contributed by atoms with Gasteiger partial charge in [-0.3, -0.25) is 24.6 Å². The van der Waals surface area contributed by atoms with Gasteiger partial charge in [-0.25, -0.2) is 4.39 Å². The lowest BCUT2D eigenvalue weighted by atomic mass is 10.1. The molecule has 1 aliphatic rings. The molecule has 0 N–H and O–H groups in total. The van der Waals surface area contributed by atoms with Crippen LogP contribution in [-0.2, 0) is 11.3 Å². The lowest BCUT2D eigenvalue weighted by molar-refractivity contribution is -0.387. The Labute approximate surface area is 197 Å². The van der Waals surface area contributed by atoms with Gasteiger partial charge in [0.2, 0.25) is 0 Å². The number of hydrogen-bond donors (Lipinski definition) is 0. The second-order valence-corrected chi connectivity index (χ2v) is 9.37. The second kappa shape index (κ2) is 9.60. The number of thioether (sulfide) groups is 1. The summed E-state index contributed by atoms with van der Waals surface area (Å²) in [6.45, 7) is 1.78. The number of nitro groups is 1. The van der Waals surface area contributed by atoms with Crippen LogP contribution < -0.4 is 0 Å². The van der Waals surface area contributed by atoms with Crippen LogP contribution in [0.25, 0.3) is 6.08 Å². The van der Waals surface area contributed by atoms with Gasteiger partial charge in [0.05, 0.1) is 21.3 Å². The fraction of sp³-hybridized carbons (Fsp3) is 0.0833. The first-order chi connectivity index (χ1) is 15.8. The fourth-order valence-electron chi connectivity index (χ4n) is 3.17. The summed E-state index contributed by atoms with van der Waals surface area (Å²) in [6.07, 6.45) is 1.44. The minimum absolute atomic E-state index is 0.0973. The minimum atomic E-state index is -0.561. The molecule has 0 atom stereocenters. The van der Waals surface area contributed by atoms with E-state index in [2.05, 4.69) is 0 Å². The van der Waals surface area contributed by atoms with Gasteiger partial charge in [0.1, 0.15) is 5.82 Å². The van der Waals surface area contributed by atoms with E-state index in [0.29, 0.717) is 10.5 Å². The standard InChI is InChI=1S/C24H17FN2O4S2/c1-15-6-9-18(10-7-15)32-21-11-8-16(12-20(21)27(30)31)13-22-23(28)26(24(29)33-22)14-17-4-2-3-5-19(17)25/h2-13H,14H2,1H3/b22-13-. The van der Waals surface area contributed by atoms with Crippen LogP contribution in [0, 0.1) is 22.9 Å². The monoisotopic (exact) mass is 480 g/mol. The first-order valence-corrected chi connectivity index (χ1v) is 11.5. The normalized spacial score (nSPS) is 14.8. The Balaban J connectivity index is 1.58. The Morgan fingerprint density at radius 1 is 1.09 bits per heavy atom. The van der Waals surface area contributed by atoms with Gasteiger partial charge in [-0.2, -0.15) is 0 Å². The molecule has 4 rings (SSSR count). The number of nitro benzene ring substituents is 1. The number of benzene rings is 3. The van der Waals surface area contributed by atoms with Gasteiger partial charge in [0, 0.05) is 16.5 Å². The van der Waals surface area contributed by atoms with Gasteiger partial charge in [-0.15, -0.1) is 0 Å². The molecule has 0 saturated carbocycles. The quantitative estimate of drug-likeness (QED) is 0.230. The number of amides is 2. The zero-order valence-corrected chi connectivity index (χ0v) is 19.0. The summed E-state index contributed by atoms with van der Waals surface area (Å²) in [5.74, 6) is -1.06. The van der Waals surface area contributed by atoms with Gasteiger partial charge in [-0.1, -0.05) is 53.7 Å². The summed E-state index contributed by atoms with van der Waals surface area (Å²) in [5.41, 5.74) is 1.65. The number of carbonyl (C=O) groups is 2. The van der Waals surface area contributed by atoms with E-state index in [9.17, 15) is 24.1 Å². The smallest absolute Gasteiger partial charge is 0.268 e. The van der Waals surface area contributed by atoms with E-state index < -0.39 is 21.9 Å². The zero-order valence-electron chi connectivity index (χ0n) is 17.4. The molecule has 1 heterocycles. The van der Waals surface area contributed by atoms with Crippen molar-refractivity contribution in [3.05, 3.63) is 104 Å². The van der Waals surface area contributed by atoms with Crippen molar-refractivity contribution in [1.82, 2.24) is 4.90 Å². The number of carbonyl (C=O) groups excluding carboxylic acids is 2. The number of imide groups is 1. The van der Waals surface area contributed by atoms with Crippen LogP contribution in [0.3, 0.4) is 0 Å². The molecule has 0 unspecified atom stereocenters.